The van der Waals surface area contributed by atoms with Gasteiger partial charge in [0.25, 0.3) is 0 Å². The molecule has 7 aromatic rings. The first-order chi connectivity index (χ1) is 22.0. The number of carbonyl (C=O) groups is 1. The van der Waals surface area contributed by atoms with Crippen LogP contribution in [0.4, 0.5) is 10.5 Å². The molecular formula is C38H33N2O4P. The third kappa shape index (κ3) is 5.66. The predicted octanol–water partition coefficient (Wildman–Crippen LogP) is 10.6. The van der Waals surface area contributed by atoms with E-state index in [0.717, 1.165) is 60.2 Å². The summed E-state index contributed by atoms with van der Waals surface area (Å²) in [5.74, 6) is 0. The average Bonchev–Trinajstić information content (AvgIpc) is 3.23. The van der Waals surface area contributed by atoms with Crippen molar-refractivity contribution in [1.29, 1.82) is 0 Å². The fraction of sp³-hybridized carbons (Fsp3) is 0.132. The minimum absolute atomic E-state index is 0.325. The topological polar surface area (TPSA) is 76.6 Å². The molecular weight excluding hydrogens is 579 g/mol. The standard InChI is InChI=1S/C38H33N2O4P/c1-24-22-28-16-10-12-20-31(28)33-34-32-21-13-11-17-29(32)23-25(2)36(34)43-45(42-35(24)33)44-37(27-14-6-4-7-15-27)26(3)39-38(41)40-30-18-8-5-9-19-30/h4-23,26,37H,1-3H3,(H2,39,40,41)/t26-,37-/m1/s1. The van der Waals surface area contributed by atoms with Gasteiger partial charge in [0.05, 0.1) is 6.04 Å². The number of fused-ring (bicyclic) bond motifs is 7. The second-order valence-electron chi connectivity index (χ2n) is 11.3. The van der Waals surface area contributed by atoms with Crippen LogP contribution >= 0.6 is 8.24 Å². The summed E-state index contributed by atoms with van der Waals surface area (Å²) in [6.45, 7) is 6.05. The number of hydrogen-bond donors (Lipinski definition) is 2. The summed E-state index contributed by atoms with van der Waals surface area (Å²) < 4.78 is 20.4. The number of rotatable bonds is 6. The summed E-state index contributed by atoms with van der Waals surface area (Å²) >= 11 is 0. The maximum absolute atomic E-state index is 13.0. The maximum atomic E-state index is 13.0. The molecule has 0 unspecified atom stereocenters. The lowest BCUT2D eigenvalue weighted by molar-refractivity contribution is 0.204. The van der Waals surface area contributed by atoms with Gasteiger partial charge in [-0.2, -0.15) is 0 Å². The van der Waals surface area contributed by atoms with Crippen molar-refractivity contribution in [3.05, 3.63) is 138 Å². The van der Waals surface area contributed by atoms with E-state index in [0.29, 0.717) is 5.69 Å². The molecule has 0 spiro atoms. The van der Waals surface area contributed by atoms with Crippen LogP contribution in [0.15, 0.2) is 130 Å². The van der Waals surface area contributed by atoms with Gasteiger partial charge in [-0.05, 0) is 83.3 Å². The van der Waals surface area contributed by atoms with E-state index in [1.807, 2.05) is 67.6 Å². The Labute approximate surface area is 262 Å². The fourth-order valence-electron chi connectivity index (χ4n) is 6.03. The van der Waals surface area contributed by atoms with Crippen LogP contribution in [0.25, 0.3) is 43.5 Å². The largest absolute Gasteiger partial charge is 0.399 e. The molecule has 0 aliphatic rings. The van der Waals surface area contributed by atoms with Crippen molar-refractivity contribution in [3.63, 3.8) is 0 Å². The number of anilines is 1. The lowest BCUT2D eigenvalue weighted by Crippen LogP contribution is -2.41. The van der Waals surface area contributed by atoms with E-state index in [9.17, 15) is 4.79 Å². The molecule has 2 amide bonds. The molecule has 6 nitrogen and oxygen atoms in total. The number of para-hydroxylation sites is 1. The monoisotopic (exact) mass is 612 g/mol. The molecule has 7 heteroatoms. The van der Waals surface area contributed by atoms with Crippen molar-refractivity contribution in [2.75, 3.05) is 5.32 Å². The second kappa shape index (κ2) is 12.2. The summed E-state index contributed by atoms with van der Waals surface area (Å²) in [7, 11) is -1.95. The van der Waals surface area contributed by atoms with Crippen molar-refractivity contribution in [2.24, 2.45) is 0 Å². The Bertz CT molecular complexity index is 2110. The lowest BCUT2D eigenvalue weighted by atomic mass is 9.95. The molecule has 6 aromatic carbocycles. The summed E-state index contributed by atoms with van der Waals surface area (Å²) in [6, 6.07) is 39.5. The molecule has 0 aliphatic heterocycles. The van der Waals surface area contributed by atoms with Crippen molar-refractivity contribution in [1.82, 2.24) is 5.32 Å². The quantitative estimate of drug-likeness (QED) is 0.196. The molecule has 7 rings (SSSR count). The molecule has 2 N–H and O–H groups in total. The molecule has 0 saturated carbocycles. The molecule has 1 heterocycles. The number of nitrogens with one attached hydrogen (secondary N) is 2. The van der Waals surface area contributed by atoms with Crippen molar-refractivity contribution in [3.8, 4) is 0 Å². The summed E-state index contributed by atoms with van der Waals surface area (Å²) in [6.07, 6.45) is -0.564. The van der Waals surface area contributed by atoms with Crippen LogP contribution in [0, 0.1) is 13.8 Å². The van der Waals surface area contributed by atoms with E-state index in [-0.39, 0.29) is 6.03 Å². The highest BCUT2D eigenvalue weighted by Gasteiger charge is 2.26. The Morgan fingerprint density at radius 1 is 0.689 bits per heavy atom. The average molecular weight is 613 g/mol. The molecule has 2 atom stereocenters. The van der Waals surface area contributed by atoms with Crippen LogP contribution < -0.4 is 15.2 Å². The molecule has 224 valence electrons. The lowest BCUT2D eigenvalue weighted by Gasteiger charge is -2.24. The molecule has 45 heavy (non-hydrogen) atoms. The Kier molecular flexibility index (Phi) is 7.76. The number of carbonyl (C=O) groups excluding carboxylic acids is 1. The predicted molar refractivity (Wildman–Crippen MR) is 185 cm³/mol. The van der Waals surface area contributed by atoms with E-state index in [2.05, 4.69) is 85.1 Å². The highest BCUT2D eigenvalue weighted by Crippen LogP contribution is 2.44. The number of hydrogen-bond acceptors (Lipinski definition) is 4. The number of urea groups is 1. The summed E-state index contributed by atoms with van der Waals surface area (Å²) in [4.78, 5) is 13.0. The van der Waals surface area contributed by atoms with Gasteiger partial charge in [0.2, 0.25) is 0 Å². The summed E-state index contributed by atoms with van der Waals surface area (Å²) in [5.41, 5.74) is 5.07. The zero-order valence-corrected chi connectivity index (χ0v) is 26.2. The number of benzene rings is 6. The van der Waals surface area contributed by atoms with Gasteiger partial charge >= 0.3 is 14.3 Å². The fourth-order valence-corrected chi connectivity index (χ4v) is 7.41. The van der Waals surface area contributed by atoms with Gasteiger partial charge < -0.3 is 19.0 Å². The van der Waals surface area contributed by atoms with Crippen LogP contribution in [0.3, 0.4) is 0 Å². The van der Waals surface area contributed by atoms with Crippen molar-refractivity contribution < 1.29 is 17.7 Å². The molecule has 0 bridgehead atoms. The second-order valence-corrected chi connectivity index (χ2v) is 12.4. The third-order valence-electron chi connectivity index (χ3n) is 8.13. The molecule has 0 radical (unpaired) electrons. The Morgan fingerprint density at radius 3 is 1.73 bits per heavy atom. The molecule has 1 aromatic heterocycles. The maximum Gasteiger partial charge on any atom is 0.388 e. The SMILES string of the molecule is Cc1cc2ccccc2c2c1op(O[C@@H](c1ccccc1)[C@@H](C)NC(=O)Nc1ccccc1)oc1c(C)cc3ccccc3c12. The Morgan fingerprint density at radius 2 is 1.18 bits per heavy atom. The van der Waals surface area contributed by atoms with Gasteiger partial charge in [0.15, 0.2) is 0 Å². The van der Waals surface area contributed by atoms with Crippen LogP contribution in [0.1, 0.15) is 29.7 Å². The minimum atomic E-state index is -1.95. The Hall–Kier alpha value is -5.03. The molecule has 0 aliphatic carbocycles. The van der Waals surface area contributed by atoms with E-state index >= 15 is 0 Å². The van der Waals surface area contributed by atoms with Gasteiger partial charge in [-0.3, -0.25) is 4.52 Å². The van der Waals surface area contributed by atoms with E-state index in [1.54, 1.807) is 0 Å². The highest BCUT2D eigenvalue weighted by atomic mass is 31.1. The first-order valence-electron chi connectivity index (χ1n) is 15.0. The van der Waals surface area contributed by atoms with Gasteiger partial charge in [-0.25, -0.2) is 4.79 Å². The van der Waals surface area contributed by atoms with E-state index in [1.165, 1.54) is 0 Å². The first kappa shape index (κ1) is 28.7. The van der Waals surface area contributed by atoms with Crippen LogP contribution in [-0.2, 0) is 0 Å². The Balaban J connectivity index is 1.41. The first-order valence-corrected chi connectivity index (χ1v) is 16.1. The van der Waals surface area contributed by atoms with Gasteiger partial charge in [-0.15, -0.1) is 0 Å². The van der Waals surface area contributed by atoms with Crippen LogP contribution in [0.5, 0.6) is 0 Å². The van der Waals surface area contributed by atoms with Gasteiger partial charge in [-0.1, -0.05) is 97.1 Å². The van der Waals surface area contributed by atoms with E-state index in [4.69, 9.17) is 12.9 Å². The van der Waals surface area contributed by atoms with Gasteiger partial charge in [0.1, 0.15) is 17.3 Å². The smallest absolute Gasteiger partial charge is 0.388 e. The minimum Gasteiger partial charge on any atom is -0.399 e. The molecule has 0 fully saturated rings. The van der Waals surface area contributed by atoms with Crippen LogP contribution in [0.2, 0.25) is 0 Å². The highest BCUT2D eigenvalue weighted by molar-refractivity contribution is 7.31. The van der Waals surface area contributed by atoms with Crippen LogP contribution in [-0.4, -0.2) is 12.1 Å². The number of aryl methyl sites for hydroxylation is 2. The van der Waals surface area contributed by atoms with Gasteiger partial charge in [0, 0.05) is 16.5 Å². The molecule has 0 saturated heterocycles. The zero-order chi connectivity index (χ0) is 30.9. The zero-order valence-electron chi connectivity index (χ0n) is 25.3. The normalized spacial score (nSPS) is 12.8. The van der Waals surface area contributed by atoms with Crippen molar-refractivity contribution >= 4 is 63.4 Å². The number of amides is 2. The third-order valence-corrected chi connectivity index (χ3v) is 9.19. The van der Waals surface area contributed by atoms with Crippen molar-refractivity contribution in [2.45, 2.75) is 32.9 Å². The van der Waals surface area contributed by atoms with E-state index < -0.39 is 20.4 Å². The summed E-state index contributed by atoms with van der Waals surface area (Å²) in [5, 5.41) is 12.4.